The van der Waals surface area contributed by atoms with Gasteiger partial charge in [0.25, 0.3) is 0 Å². The summed E-state index contributed by atoms with van der Waals surface area (Å²) in [5, 5.41) is 2.83. The van der Waals surface area contributed by atoms with Crippen LogP contribution in [0, 0.1) is 13.8 Å². The molecule has 5 nitrogen and oxygen atoms in total. The number of amides is 1. The van der Waals surface area contributed by atoms with Gasteiger partial charge in [-0.15, -0.1) is 0 Å². The zero-order valence-corrected chi connectivity index (χ0v) is 17.3. The first-order chi connectivity index (χ1) is 12.7. The lowest BCUT2D eigenvalue weighted by atomic mass is 10.1. The number of hydrogen-bond donors (Lipinski definition) is 1. The average molecular weight is 389 g/mol. The normalized spacial score (nSPS) is 11.3. The van der Waals surface area contributed by atoms with Crippen LogP contribution in [-0.4, -0.2) is 33.7 Å². The highest BCUT2D eigenvalue weighted by atomic mass is 32.2. The maximum absolute atomic E-state index is 12.4. The molecule has 1 amide bonds. The molecular weight excluding hydrogens is 360 g/mol. The second kappa shape index (κ2) is 9.04. The molecule has 0 aliphatic heterocycles. The Labute approximate surface area is 162 Å². The monoisotopic (exact) mass is 388 g/mol. The van der Waals surface area contributed by atoms with E-state index in [9.17, 15) is 13.2 Å². The van der Waals surface area contributed by atoms with Crippen molar-refractivity contribution in [3.8, 4) is 0 Å². The van der Waals surface area contributed by atoms with E-state index in [4.69, 9.17) is 0 Å². The number of anilines is 1. The Kier molecular flexibility index (Phi) is 7.02. The highest BCUT2D eigenvalue weighted by Gasteiger charge is 2.21. The molecule has 0 fully saturated rings. The van der Waals surface area contributed by atoms with Gasteiger partial charge in [0, 0.05) is 6.54 Å². The third-order valence-corrected chi connectivity index (χ3v) is 5.60. The highest BCUT2D eigenvalue weighted by molar-refractivity contribution is 7.92. The number of nitrogens with one attached hydrogen (secondary N) is 1. The lowest BCUT2D eigenvalue weighted by Crippen LogP contribution is -2.39. The Morgan fingerprint density at radius 3 is 2.44 bits per heavy atom. The standard InChI is InChI=1S/C21H28N2O3S/c1-5-19-11-7-9-17(3)21(19)23(27(4,25)26)13-12-22-20(24)15-18-10-6-8-16(2)14-18/h6-11,14H,5,12-13,15H2,1-4H3,(H,22,24). The van der Waals surface area contributed by atoms with Gasteiger partial charge in [-0.2, -0.15) is 0 Å². The van der Waals surface area contributed by atoms with Crippen molar-refractivity contribution in [3.05, 3.63) is 64.7 Å². The Morgan fingerprint density at radius 2 is 1.81 bits per heavy atom. The SMILES string of the molecule is CCc1cccc(C)c1N(CCNC(=O)Cc1cccc(C)c1)S(C)(=O)=O. The summed E-state index contributed by atoms with van der Waals surface area (Å²) in [6.07, 6.45) is 2.22. The molecule has 6 heteroatoms. The van der Waals surface area contributed by atoms with Crippen LogP contribution in [0.15, 0.2) is 42.5 Å². The lowest BCUT2D eigenvalue weighted by molar-refractivity contribution is -0.120. The predicted molar refractivity (Wildman–Crippen MR) is 111 cm³/mol. The first-order valence-electron chi connectivity index (χ1n) is 9.10. The lowest BCUT2D eigenvalue weighted by Gasteiger charge is -2.26. The van der Waals surface area contributed by atoms with Crippen molar-refractivity contribution in [1.82, 2.24) is 5.32 Å². The summed E-state index contributed by atoms with van der Waals surface area (Å²) in [7, 11) is -3.45. The molecule has 27 heavy (non-hydrogen) atoms. The molecule has 0 heterocycles. The molecule has 0 aliphatic carbocycles. The van der Waals surface area contributed by atoms with E-state index in [0.717, 1.165) is 34.4 Å². The maximum Gasteiger partial charge on any atom is 0.232 e. The molecule has 1 N–H and O–H groups in total. The molecule has 146 valence electrons. The Morgan fingerprint density at radius 1 is 1.11 bits per heavy atom. The van der Waals surface area contributed by atoms with E-state index < -0.39 is 10.0 Å². The first kappa shape index (κ1) is 21.0. The van der Waals surface area contributed by atoms with E-state index in [1.54, 1.807) is 0 Å². The molecule has 0 bridgehead atoms. The topological polar surface area (TPSA) is 66.5 Å². The van der Waals surface area contributed by atoms with E-state index in [1.165, 1.54) is 10.6 Å². The summed E-state index contributed by atoms with van der Waals surface area (Å²) in [5.74, 6) is -0.116. The number of aryl methyl sites for hydroxylation is 3. The van der Waals surface area contributed by atoms with Crippen LogP contribution < -0.4 is 9.62 Å². The fourth-order valence-electron chi connectivity index (χ4n) is 3.17. The van der Waals surface area contributed by atoms with Crippen LogP contribution in [0.1, 0.15) is 29.2 Å². The molecule has 0 aromatic heterocycles. The summed E-state index contributed by atoms with van der Waals surface area (Å²) >= 11 is 0. The number of hydrogen-bond acceptors (Lipinski definition) is 3. The fourth-order valence-corrected chi connectivity index (χ4v) is 4.19. The van der Waals surface area contributed by atoms with Gasteiger partial charge in [-0.25, -0.2) is 8.42 Å². The number of rotatable bonds is 8. The van der Waals surface area contributed by atoms with Crippen molar-refractivity contribution < 1.29 is 13.2 Å². The van der Waals surface area contributed by atoms with Crippen LogP contribution in [0.25, 0.3) is 0 Å². The largest absolute Gasteiger partial charge is 0.354 e. The van der Waals surface area contributed by atoms with Crippen molar-refractivity contribution in [2.75, 3.05) is 23.7 Å². The second-order valence-corrected chi connectivity index (χ2v) is 8.69. The number of para-hydroxylation sites is 1. The minimum absolute atomic E-state index is 0.116. The molecule has 0 saturated carbocycles. The second-order valence-electron chi connectivity index (χ2n) is 6.79. The van der Waals surface area contributed by atoms with Gasteiger partial charge in [0.15, 0.2) is 0 Å². The van der Waals surface area contributed by atoms with E-state index in [2.05, 4.69) is 5.32 Å². The minimum Gasteiger partial charge on any atom is -0.354 e. The molecule has 0 radical (unpaired) electrons. The van der Waals surface area contributed by atoms with E-state index in [0.29, 0.717) is 0 Å². The average Bonchev–Trinajstić information content (AvgIpc) is 2.58. The Balaban J connectivity index is 2.07. The van der Waals surface area contributed by atoms with Crippen molar-refractivity contribution in [2.24, 2.45) is 0 Å². The smallest absolute Gasteiger partial charge is 0.232 e. The van der Waals surface area contributed by atoms with Crippen LogP contribution >= 0.6 is 0 Å². The number of benzene rings is 2. The van der Waals surface area contributed by atoms with Crippen LogP contribution in [-0.2, 0) is 27.7 Å². The van der Waals surface area contributed by atoms with Crippen LogP contribution in [0.3, 0.4) is 0 Å². The van der Waals surface area contributed by atoms with Crippen molar-refractivity contribution in [1.29, 1.82) is 0 Å². The van der Waals surface area contributed by atoms with E-state index in [1.807, 2.05) is 63.2 Å². The minimum atomic E-state index is -3.45. The molecule has 0 aliphatic rings. The number of carbonyl (C=O) groups is 1. The van der Waals surface area contributed by atoms with Crippen molar-refractivity contribution >= 4 is 21.6 Å². The van der Waals surface area contributed by atoms with Gasteiger partial charge >= 0.3 is 0 Å². The van der Waals surface area contributed by atoms with Gasteiger partial charge in [0.05, 0.1) is 24.9 Å². The summed E-state index contributed by atoms with van der Waals surface area (Å²) in [6.45, 7) is 6.36. The van der Waals surface area contributed by atoms with Gasteiger partial charge in [0.2, 0.25) is 15.9 Å². The van der Waals surface area contributed by atoms with Gasteiger partial charge in [-0.3, -0.25) is 9.10 Å². The van der Waals surface area contributed by atoms with Crippen molar-refractivity contribution in [3.63, 3.8) is 0 Å². The Hall–Kier alpha value is -2.34. The molecule has 2 aromatic carbocycles. The molecule has 0 spiro atoms. The number of nitrogens with zero attached hydrogens (tertiary/aromatic N) is 1. The van der Waals surface area contributed by atoms with Crippen LogP contribution in [0.2, 0.25) is 0 Å². The zero-order chi connectivity index (χ0) is 20.0. The summed E-state index contributed by atoms with van der Waals surface area (Å²) in [6, 6.07) is 13.6. The van der Waals surface area contributed by atoms with Crippen LogP contribution in [0.4, 0.5) is 5.69 Å². The van der Waals surface area contributed by atoms with Crippen LogP contribution in [0.5, 0.6) is 0 Å². The quantitative estimate of drug-likeness (QED) is 0.756. The summed E-state index contributed by atoms with van der Waals surface area (Å²) in [5.41, 5.74) is 4.66. The van der Waals surface area contributed by atoms with Gasteiger partial charge in [0.1, 0.15) is 0 Å². The third kappa shape index (κ3) is 5.82. The van der Waals surface area contributed by atoms with E-state index >= 15 is 0 Å². The van der Waals surface area contributed by atoms with Gasteiger partial charge in [-0.05, 0) is 37.0 Å². The molecule has 0 atom stereocenters. The molecule has 0 saturated heterocycles. The number of sulfonamides is 1. The molecule has 2 rings (SSSR count). The van der Waals surface area contributed by atoms with E-state index in [-0.39, 0.29) is 25.4 Å². The number of carbonyl (C=O) groups excluding carboxylic acids is 1. The van der Waals surface area contributed by atoms with Gasteiger partial charge in [-0.1, -0.05) is 55.0 Å². The molecular formula is C21H28N2O3S. The summed E-state index contributed by atoms with van der Waals surface area (Å²) in [4.78, 5) is 12.2. The molecule has 2 aromatic rings. The maximum atomic E-state index is 12.4. The Bertz CT molecular complexity index is 907. The zero-order valence-electron chi connectivity index (χ0n) is 16.5. The fraction of sp³-hybridized carbons (Fsp3) is 0.381. The summed E-state index contributed by atoms with van der Waals surface area (Å²) < 4.78 is 26.1. The first-order valence-corrected chi connectivity index (χ1v) is 11.0. The predicted octanol–water partition coefficient (Wildman–Crippen LogP) is 2.99. The van der Waals surface area contributed by atoms with Crippen molar-refractivity contribution in [2.45, 2.75) is 33.6 Å². The molecule has 0 unspecified atom stereocenters. The van der Waals surface area contributed by atoms with Gasteiger partial charge < -0.3 is 5.32 Å². The highest BCUT2D eigenvalue weighted by Crippen LogP contribution is 2.27. The third-order valence-electron chi connectivity index (χ3n) is 4.44.